The molecule has 0 spiro atoms. The number of hydrogen-bond acceptors (Lipinski definition) is 4. The Morgan fingerprint density at radius 1 is 1.16 bits per heavy atom. The fourth-order valence-corrected chi connectivity index (χ4v) is 4.09. The van der Waals surface area contributed by atoms with Gasteiger partial charge in [-0.05, 0) is 60.7 Å². The summed E-state index contributed by atoms with van der Waals surface area (Å²) in [5.41, 5.74) is 1.96. The molecule has 1 aliphatic carbocycles. The van der Waals surface area contributed by atoms with E-state index in [9.17, 15) is 18.8 Å². The van der Waals surface area contributed by atoms with Gasteiger partial charge in [0.1, 0.15) is 17.1 Å². The number of pyridine rings is 1. The number of carbonyl (C=O) groups excluding carboxylic acids is 2. The lowest BCUT2D eigenvalue weighted by atomic mass is 9.95. The van der Waals surface area contributed by atoms with Crippen LogP contribution in [-0.4, -0.2) is 43.6 Å². The predicted octanol–water partition coefficient (Wildman–Crippen LogP) is 1.80. The minimum Gasteiger partial charge on any atom is -0.349 e. The van der Waals surface area contributed by atoms with Gasteiger partial charge in [0, 0.05) is 44.3 Å². The van der Waals surface area contributed by atoms with Crippen molar-refractivity contribution in [3.8, 4) is 5.69 Å². The highest BCUT2D eigenvalue weighted by Crippen LogP contribution is 2.25. The van der Waals surface area contributed by atoms with E-state index in [1.54, 1.807) is 30.4 Å². The number of carbonyl (C=O) groups is 2. The number of aryl methyl sites for hydroxylation is 1. The van der Waals surface area contributed by atoms with E-state index in [0.29, 0.717) is 29.9 Å². The zero-order valence-corrected chi connectivity index (χ0v) is 17.5. The fourth-order valence-electron chi connectivity index (χ4n) is 4.09. The molecule has 1 aliphatic heterocycles. The average molecular weight is 435 g/mol. The Balaban J connectivity index is 1.58. The molecule has 1 fully saturated rings. The van der Waals surface area contributed by atoms with Crippen molar-refractivity contribution >= 4 is 11.8 Å². The molecular formula is C23H22FN5O3. The first-order chi connectivity index (χ1) is 15.4. The third kappa shape index (κ3) is 3.59. The highest BCUT2D eigenvalue weighted by atomic mass is 19.1. The standard InChI is InChI=1S/C23H22FN5O3/c1-27-19(8-10-25-27)22(31)28-11-9-18-14(12-28)13-29(17-6-2-15(24)3-7-17)23(32)20(18)21(30)26-16-4-5-16/h2-3,6-8,10,13,16H,4-5,9,11-12H2,1H3,(H,26,30). The normalized spacial score (nSPS) is 15.4. The fraction of sp³-hybridized carbons (Fsp3) is 0.304. The number of fused-ring (bicyclic) bond motifs is 1. The molecule has 164 valence electrons. The molecule has 9 heteroatoms. The lowest BCUT2D eigenvalue weighted by Gasteiger charge is -2.30. The lowest BCUT2D eigenvalue weighted by Crippen LogP contribution is -2.41. The van der Waals surface area contributed by atoms with Gasteiger partial charge in [-0.1, -0.05) is 0 Å². The summed E-state index contributed by atoms with van der Waals surface area (Å²) in [6.45, 7) is 0.644. The van der Waals surface area contributed by atoms with Crippen LogP contribution in [0.2, 0.25) is 0 Å². The average Bonchev–Trinajstić information content (AvgIpc) is 3.49. The van der Waals surface area contributed by atoms with Crippen molar-refractivity contribution in [2.24, 2.45) is 7.05 Å². The maximum atomic E-state index is 13.4. The van der Waals surface area contributed by atoms with Gasteiger partial charge in [0.05, 0.1) is 0 Å². The van der Waals surface area contributed by atoms with Crippen LogP contribution < -0.4 is 10.9 Å². The molecule has 2 amide bonds. The van der Waals surface area contributed by atoms with Gasteiger partial charge in [-0.15, -0.1) is 0 Å². The summed E-state index contributed by atoms with van der Waals surface area (Å²) in [6, 6.07) is 7.28. The monoisotopic (exact) mass is 435 g/mol. The number of benzene rings is 1. The molecule has 2 aromatic heterocycles. The molecule has 32 heavy (non-hydrogen) atoms. The third-order valence-electron chi connectivity index (χ3n) is 5.97. The second kappa shape index (κ2) is 7.74. The number of amides is 2. The summed E-state index contributed by atoms with van der Waals surface area (Å²) in [5.74, 6) is -0.977. The first-order valence-electron chi connectivity index (χ1n) is 10.5. The van der Waals surface area contributed by atoms with Gasteiger partial charge >= 0.3 is 0 Å². The van der Waals surface area contributed by atoms with E-state index in [2.05, 4.69) is 10.4 Å². The van der Waals surface area contributed by atoms with Crippen LogP contribution in [-0.2, 0) is 20.0 Å². The minimum absolute atomic E-state index is 0.100. The largest absolute Gasteiger partial charge is 0.349 e. The maximum absolute atomic E-state index is 13.4. The molecule has 8 nitrogen and oxygen atoms in total. The van der Waals surface area contributed by atoms with Gasteiger partial charge in [0.2, 0.25) is 0 Å². The highest BCUT2D eigenvalue weighted by molar-refractivity contribution is 5.96. The van der Waals surface area contributed by atoms with Crippen LogP contribution in [0.1, 0.15) is 44.8 Å². The zero-order valence-electron chi connectivity index (χ0n) is 17.5. The second-order valence-corrected chi connectivity index (χ2v) is 8.22. The van der Waals surface area contributed by atoms with Gasteiger partial charge in [-0.25, -0.2) is 4.39 Å². The number of nitrogens with zero attached hydrogens (tertiary/aromatic N) is 4. The SMILES string of the molecule is Cn1nccc1C(=O)N1CCc2c(cn(-c3ccc(F)cc3)c(=O)c2C(=O)NC2CC2)C1. The second-order valence-electron chi connectivity index (χ2n) is 8.22. The Hall–Kier alpha value is -3.75. The van der Waals surface area contributed by atoms with Crippen LogP contribution in [0.5, 0.6) is 0 Å². The Morgan fingerprint density at radius 2 is 1.91 bits per heavy atom. The molecule has 3 heterocycles. The Labute approximate surface area is 183 Å². The van der Waals surface area contributed by atoms with E-state index in [-0.39, 0.29) is 24.1 Å². The molecule has 0 atom stereocenters. The van der Waals surface area contributed by atoms with E-state index in [1.165, 1.54) is 33.5 Å². The van der Waals surface area contributed by atoms with E-state index < -0.39 is 17.3 Å². The first-order valence-corrected chi connectivity index (χ1v) is 10.5. The molecule has 1 aromatic carbocycles. The molecule has 0 bridgehead atoms. The highest BCUT2D eigenvalue weighted by Gasteiger charge is 2.32. The van der Waals surface area contributed by atoms with Gasteiger partial charge < -0.3 is 10.2 Å². The van der Waals surface area contributed by atoms with Gasteiger partial charge in [-0.2, -0.15) is 5.10 Å². The Bertz CT molecular complexity index is 1270. The van der Waals surface area contributed by atoms with Gasteiger partial charge in [0.25, 0.3) is 17.4 Å². The van der Waals surface area contributed by atoms with Crippen molar-refractivity contribution in [1.29, 1.82) is 0 Å². The predicted molar refractivity (Wildman–Crippen MR) is 114 cm³/mol. The summed E-state index contributed by atoms with van der Waals surface area (Å²) in [4.78, 5) is 41.0. The number of hydrogen-bond donors (Lipinski definition) is 1. The lowest BCUT2D eigenvalue weighted by molar-refractivity contribution is 0.0723. The van der Waals surface area contributed by atoms with Crippen LogP contribution in [0.25, 0.3) is 5.69 Å². The number of aromatic nitrogens is 3. The summed E-state index contributed by atoms with van der Waals surface area (Å²) in [6.07, 6.45) is 5.42. The topological polar surface area (TPSA) is 89.2 Å². The van der Waals surface area contributed by atoms with Crippen molar-refractivity contribution in [1.82, 2.24) is 24.6 Å². The Kier molecular flexibility index (Phi) is 4.88. The third-order valence-corrected chi connectivity index (χ3v) is 5.97. The van der Waals surface area contributed by atoms with E-state index in [4.69, 9.17) is 0 Å². The smallest absolute Gasteiger partial charge is 0.272 e. The van der Waals surface area contributed by atoms with Crippen molar-refractivity contribution in [3.05, 3.63) is 81.3 Å². The number of halogens is 1. The molecule has 1 saturated carbocycles. The zero-order chi connectivity index (χ0) is 22.4. The molecule has 0 radical (unpaired) electrons. The summed E-state index contributed by atoms with van der Waals surface area (Å²) in [5, 5.41) is 6.97. The van der Waals surface area contributed by atoms with Crippen molar-refractivity contribution in [2.75, 3.05) is 6.54 Å². The van der Waals surface area contributed by atoms with E-state index in [0.717, 1.165) is 18.4 Å². The number of rotatable bonds is 4. The maximum Gasteiger partial charge on any atom is 0.272 e. The van der Waals surface area contributed by atoms with Crippen LogP contribution in [0.15, 0.2) is 47.5 Å². The molecule has 3 aromatic rings. The molecule has 5 rings (SSSR count). The molecule has 2 aliphatic rings. The molecule has 0 unspecified atom stereocenters. The van der Waals surface area contributed by atoms with Gasteiger partial charge in [-0.3, -0.25) is 23.6 Å². The molecule has 0 saturated heterocycles. The number of nitrogens with one attached hydrogen (secondary N) is 1. The van der Waals surface area contributed by atoms with E-state index >= 15 is 0 Å². The first kappa shape index (κ1) is 20.2. The van der Waals surface area contributed by atoms with E-state index in [1.807, 2.05) is 0 Å². The van der Waals surface area contributed by atoms with Crippen molar-refractivity contribution in [2.45, 2.75) is 31.8 Å². The van der Waals surface area contributed by atoms with Crippen molar-refractivity contribution < 1.29 is 14.0 Å². The van der Waals surface area contributed by atoms with Crippen LogP contribution in [0.3, 0.4) is 0 Å². The van der Waals surface area contributed by atoms with Crippen LogP contribution in [0.4, 0.5) is 4.39 Å². The van der Waals surface area contributed by atoms with Crippen LogP contribution >= 0.6 is 0 Å². The quantitative estimate of drug-likeness (QED) is 0.677. The van der Waals surface area contributed by atoms with Crippen molar-refractivity contribution in [3.63, 3.8) is 0 Å². The minimum atomic E-state index is -0.445. The molecular weight excluding hydrogens is 413 g/mol. The Morgan fingerprint density at radius 3 is 2.56 bits per heavy atom. The molecule has 1 N–H and O–H groups in total. The van der Waals surface area contributed by atoms with Gasteiger partial charge in [0.15, 0.2) is 0 Å². The summed E-state index contributed by atoms with van der Waals surface area (Å²) in [7, 11) is 1.71. The summed E-state index contributed by atoms with van der Waals surface area (Å²) >= 11 is 0. The summed E-state index contributed by atoms with van der Waals surface area (Å²) < 4.78 is 16.3. The van der Waals surface area contributed by atoms with Crippen LogP contribution in [0, 0.1) is 5.82 Å².